The number of carbonyl (C=O) groups excluding carboxylic acids is 1. The van der Waals surface area contributed by atoms with Crippen molar-refractivity contribution in [1.82, 2.24) is 14.9 Å². The highest BCUT2D eigenvalue weighted by molar-refractivity contribution is 6.30. The minimum atomic E-state index is -0.562. The first-order valence-corrected chi connectivity index (χ1v) is 10.2. The van der Waals surface area contributed by atoms with Gasteiger partial charge < -0.3 is 15.0 Å². The van der Waals surface area contributed by atoms with Gasteiger partial charge in [0.05, 0.1) is 16.1 Å². The van der Waals surface area contributed by atoms with E-state index in [1.165, 1.54) is 22.8 Å². The molecule has 0 saturated carbocycles. The van der Waals surface area contributed by atoms with Crippen LogP contribution >= 0.6 is 11.6 Å². The molecule has 0 bridgehead atoms. The molecule has 4 aromatic rings. The minimum absolute atomic E-state index is 0.0614. The van der Waals surface area contributed by atoms with Crippen LogP contribution in [0.4, 0.5) is 4.39 Å². The number of nitrogens with zero attached hydrogens (tertiary/aromatic N) is 2. The Hall–Kier alpha value is -3.71. The van der Waals surface area contributed by atoms with Gasteiger partial charge in [0, 0.05) is 43.4 Å². The van der Waals surface area contributed by atoms with Crippen LogP contribution < -0.4 is 10.9 Å². The molecule has 2 heterocycles. The molecule has 8 heteroatoms. The number of nitrogens with one attached hydrogen (secondary N) is 1. The van der Waals surface area contributed by atoms with Crippen molar-refractivity contribution in [3.05, 3.63) is 104 Å². The predicted molar refractivity (Wildman–Crippen MR) is 120 cm³/mol. The molecule has 32 heavy (non-hydrogen) atoms. The lowest BCUT2D eigenvalue weighted by molar-refractivity contribution is 0.0951. The van der Waals surface area contributed by atoms with Gasteiger partial charge in [0.25, 0.3) is 11.5 Å². The molecule has 0 radical (unpaired) electrons. The summed E-state index contributed by atoms with van der Waals surface area (Å²) in [5.41, 5.74) is 2.00. The zero-order valence-electron chi connectivity index (χ0n) is 17.1. The van der Waals surface area contributed by atoms with Crippen molar-refractivity contribution in [3.63, 3.8) is 0 Å². The number of hydrogen-bond donors (Lipinski definition) is 2. The number of amides is 1. The fourth-order valence-corrected chi connectivity index (χ4v) is 3.74. The van der Waals surface area contributed by atoms with Crippen LogP contribution in [0, 0.1) is 5.82 Å². The molecule has 0 spiro atoms. The lowest BCUT2D eigenvalue weighted by Crippen LogP contribution is -2.24. The first-order chi connectivity index (χ1) is 15.3. The van der Waals surface area contributed by atoms with Gasteiger partial charge in [0.15, 0.2) is 0 Å². The van der Waals surface area contributed by atoms with Gasteiger partial charge in [-0.15, -0.1) is 0 Å². The molecular weight excluding hydrogens is 433 g/mol. The first kappa shape index (κ1) is 21.5. The predicted octanol–water partition coefficient (Wildman–Crippen LogP) is 3.95. The highest BCUT2D eigenvalue weighted by Gasteiger charge is 2.17. The second-order valence-corrected chi connectivity index (χ2v) is 7.80. The number of aryl methyl sites for hydroxylation is 1. The van der Waals surface area contributed by atoms with E-state index in [0.717, 1.165) is 5.56 Å². The number of fused-ring (bicyclic) bond motifs is 1. The molecule has 4 rings (SSSR count). The number of carbonyl (C=O) groups is 1. The lowest BCUT2D eigenvalue weighted by atomic mass is 10.0. The highest BCUT2D eigenvalue weighted by atomic mass is 35.5. The molecule has 0 fully saturated rings. The van der Waals surface area contributed by atoms with E-state index in [1.54, 1.807) is 43.7 Å². The number of aromatic hydroxyl groups is 1. The Morgan fingerprint density at radius 3 is 2.72 bits per heavy atom. The van der Waals surface area contributed by atoms with Gasteiger partial charge in [-0.2, -0.15) is 0 Å². The Morgan fingerprint density at radius 1 is 1.19 bits per heavy atom. The molecule has 2 aromatic carbocycles. The average Bonchev–Trinajstić information content (AvgIpc) is 2.81. The van der Waals surface area contributed by atoms with E-state index < -0.39 is 5.82 Å². The number of hydrogen-bond acceptors (Lipinski definition) is 4. The van der Waals surface area contributed by atoms with Crippen molar-refractivity contribution < 1.29 is 14.3 Å². The summed E-state index contributed by atoms with van der Waals surface area (Å²) in [6.45, 7) is 0.306. The van der Waals surface area contributed by atoms with Gasteiger partial charge in [-0.3, -0.25) is 14.6 Å². The summed E-state index contributed by atoms with van der Waals surface area (Å²) in [5, 5.41) is 14.0. The van der Waals surface area contributed by atoms with Gasteiger partial charge >= 0.3 is 0 Å². The van der Waals surface area contributed by atoms with Gasteiger partial charge in [-0.05, 0) is 47.5 Å². The summed E-state index contributed by atoms with van der Waals surface area (Å²) < 4.78 is 14.9. The van der Waals surface area contributed by atoms with E-state index in [1.807, 2.05) is 6.07 Å². The molecule has 6 nitrogen and oxygen atoms in total. The Labute approximate surface area is 187 Å². The van der Waals surface area contributed by atoms with E-state index in [0.29, 0.717) is 28.6 Å². The maximum absolute atomic E-state index is 13.5. The molecule has 0 unspecified atom stereocenters. The average molecular weight is 452 g/mol. The first-order valence-electron chi connectivity index (χ1n) is 9.80. The molecule has 162 valence electrons. The van der Waals surface area contributed by atoms with E-state index >= 15 is 0 Å². The third-order valence-corrected chi connectivity index (χ3v) is 5.55. The van der Waals surface area contributed by atoms with Crippen LogP contribution in [0.15, 0.2) is 65.7 Å². The molecule has 2 aromatic heterocycles. The van der Waals surface area contributed by atoms with Crippen LogP contribution in [0.5, 0.6) is 5.75 Å². The maximum Gasteiger partial charge on any atom is 0.258 e. The van der Waals surface area contributed by atoms with Gasteiger partial charge in [0.1, 0.15) is 11.6 Å². The SMILES string of the molecule is Cn1c(=O)c(Cc2ccc(F)c(Cl)c2)c(O)c2cc(C(=O)NCc3cccnc3)ccc21. The molecule has 0 saturated heterocycles. The van der Waals surface area contributed by atoms with Crippen molar-refractivity contribution in [2.75, 3.05) is 0 Å². The van der Waals surface area contributed by atoms with Gasteiger partial charge in [-0.25, -0.2) is 4.39 Å². The standard InChI is InChI=1S/C24H19ClFN3O3/c1-29-21-7-5-16(23(31)28-13-15-3-2-8-27-12-15)11-17(21)22(30)18(24(29)32)9-14-4-6-20(26)19(25)10-14/h2-8,10-12,30H,9,13H2,1H3,(H,28,31). The summed E-state index contributed by atoms with van der Waals surface area (Å²) in [4.78, 5) is 29.5. The Morgan fingerprint density at radius 2 is 2.00 bits per heavy atom. The quantitative estimate of drug-likeness (QED) is 0.481. The van der Waals surface area contributed by atoms with E-state index in [-0.39, 0.29) is 34.2 Å². The van der Waals surface area contributed by atoms with Gasteiger partial charge in [-0.1, -0.05) is 23.7 Å². The van der Waals surface area contributed by atoms with Crippen LogP contribution in [0.1, 0.15) is 27.0 Å². The van der Waals surface area contributed by atoms with Crippen LogP contribution in [0.3, 0.4) is 0 Å². The van der Waals surface area contributed by atoms with Crippen LogP contribution in [-0.4, -0.2) is 20.6 Å². The Bertz CT molecular complexity index is 1390. The van der Waals surface area contributed by atoms with Crippen molar-refractivity contribution >= 4 is 28.4 Å². The summed E-state index contributed by atoms with van der Waals surface area (Å²) >= 11 is 5.85. The van der Waals surface area contributed by atoms with Crippen molar-refractivity contribution in [1.29, 1.82) is 0 Å². The Kier molecular flexibility index (Phi) is 5.92. The molecule has 1 amide bonds. The summed E-state index contributed by atoms with van der Waals surface area (Å²) in [6.07, 6.45) is 3.38. The topological polar surface area (TPSA) is 84.2 Å². The maximum atomic E-state index is 13.5. The number of benzene rings is 2. The third kappa shape index (κ3) is 4.20. The van der Waals surface area contributed by atoms with E-state index in [9.17, 15) is 19.1 Å². The van der Waals surface area contributed by atoms with Crippen molar-refractivity contribution in [2.24, 2.45) is 7.05 Å². The lowest BCUT2D eigenvalue weighted by Gasteiger charge is -2.13. The molecule has 0 aliphatic rings. The molecule has 2 N–H and O–H groups in total. The third-order valence-electron chi connectivity index (χ3n) is 5.26. The van der Waals surface area contributed by atoms with Crippen LogP contribution in [0.2, 0.25) is 5.02 Å². The smallest absolute Gasteiger partial charge is 0.258 e. The summed E-state index contributed by atoms with van der Waals surface area (Å²) in [5.74, 6) is -1.10. The molecule has 0 aliphatic heterocycles. The van der Waals surface area contributed by atoms with Crippen molar-refractivity contribution in [3.8, 4) is 5.75 Å². The van der Waals surface area contributed by atoms with Crippen molar-refractivity contribution in [2.45, 2.75) is 13.0 Å². The summed E-state index contributed by atoms with van der Waals surface area (Å²) in [6, 6.07) is 12.5. The minimum Gasteiger partial charge on any atom is -0.507 e. The molecule has 0 aliphatic carbocycles. The fourth-order valence-electron chi connectivity index (χ4n) is 3.54. The fraction of sp³-hybridized carbons (Fsp3) is 0.125. The second-order valence-electron chi connectivity index (χ2n) is 7.39. The monoisotopic (exact) mass is 451 g/mol. The largest absolute Gasteiger partial charge is 0.507 e. The van der Waals surface area contributed by atoms with Crippen LogP contribution in [-0.2, 0) is 20.0 Å². The number of pyridine rings is 2. The number of rotatable bonds is 5. The normalized spacial score (nSPS) is 11.0. The molecule has 0 atom stereocenters. The number of halogens is 2. The van der Waals surface area contributed by atoms with E-state index in [4.69, 9.17) is 11.6 Å². The van der Waals surface area contributed by atoms with E-state index in [2.05, 4.69) is 10.3 Å². The molecular formula is C24H19ClFN3O3. The highest BCUT2D eigenvalue weighted by Crippen LogP contribution is 2.29. The number of aromatic nitrogens is 2. The zero-order chi connectivity index (χ0) is 22.8. The second kappa shape index (κ2) is 8.80. The zero-order valence-corrected chi connectivity index (χ0v) is 17.9. The van der Waals surface area contributed by atoms with Gasteiger partial charge in [0.2, 0.25) is 0 Å². The van der Waals surface area contributed by atoms with Crippen LogP contribution in [0.25, 0.3) is 10.9 Å². The Balaban J connectivity index is 1.69. The summed E-state index contributed by atoms with van der Waals surface area (Å²) in [7, 11) is 1.59.